The van der Waals surface area contributed by atoms with Crippen molar-refractivity contribution in [3.8, 4) is 11.1 Å². The van der Waals surface area contributed by atoms with Crippen LogP contribution in [-0.4, -0.2) is 30.8 Å². The maximum atomic E-state index is 13.3. The number of fused-ring (bicyclic) bond motifs is 1. The van der Waals surface area contributed by atoms with Crippen molar-refractivity contribution >= 4 is 32.7 Å². The van der Waals surface area contributed by atoms with E-state index in [-0.39, 0.29) is 12.1 Å². The van der Waals surface area contributed by atoms with Crippen molar-refractivity contribution in [2.24, 2.45) is 0 Å². The number of nitrogens with zero attached hydrogens (tertiary/aromatic N) is 2. The van der Waals surface area contributed by atoms with Crippen molar-refractivity contribution in [1.82, 2.24) is 14.3 Å². The van der Waals surface area contributed by atoms with Crippen LogP contribution in [-0.2, 0) is 23.0 Å². The van der Waals surface area contributed by atoms with Crippen LogP contribution in [0.2, 0.25) is 5.02 Å². The van der Waals surface area contributed by atoms with Crippen molar-refractivity contribution in [3.05, 3.63) is 63.0 Å². The van der Waals surface area contributed by atoms with Crippen LogP contribution in [0.15, 0.2) is 41.2 Å². The Kier molecular flexibility index (Phi) is 6.41. The van der Waals surface area contributed by atoms with E-state index < -0.39 is 10.0 Å². The first-order chi connectivity index (χ1) is 13.7. The summed E-state index contributed by atoms with van der Waals surface area (Å²) in [6.07, 6.45) is 2.07. The molecule has 1 N–H and O–H groups in total. The predicted molar refractivity (Wildman–Crippen MR) is 118 cm³/mol. The number of aryl methyl sites for hydroxylation is 2. The summed E-state index contributed by atoms with van der Waals surface area (Å²) in [6.45, 7) is 4.58. The van der Waals surface area contributed by atoms with Gasteiger partial charge >= 0.3 is 0 Å². The highest BCUT2D eigenvalue weighted by Crippen LogP contribution is 2.32. The summed E-state index contributed by atoms with van der Waals surface area (Å²) in [6, 6.07) is 11.3. The minimum Gasteiger partial charge on any atom is -0.293 e. The highest BCUT2D eigenvalue weighted by Gasteiger charge is 2.19. The maximum absolute atomic E-state index is 13.3. The summed E-state index contributed by atoms with van der Waals surface area (Å²) in [4.78, 5) is 18.0. The molecule has 0 radical (unpaired) electrons. The average Bonchev–Trinajstić information content (AvgIpc) is 2.64. The Hall–Kier alpha value is -2.22. The van der Waals surface area contributed by atoms with Gasteiger partial charge in [0.15, 0.2) is 0 Å². The summed E-state index contributed by atoms with van der Waals surface area (Å²) < 4.78 is 26.8. The van der Waals surface area contributed by atoms with Crippen LogP contribution in [0.25, 0.3) is 22.2 Å². The van der Waals surface area contributed by atoms with Gasteiger partial charge in [-0.3, -0.25) is 9.36 Å². The first kappa shape index (κ1) is 21.5. The Labute approximate surface area is 175 Å². The van der Waals surface area contributed by atoms with Crippen LogP contribution >= 0.6 is 11.6 Å². The molecule has 3 aromatic rings. The lowest BCUT2D eigenvalue weighted by Gasteiger charge is -2.17. The number of hydrogen-bond donors (Lipinski definition) is 1. The second-order valence-corrected chi connectivity index (χ2v) is 9.28. The molecule has 2 aromatic heterocycles. The summed E-state index contributed by atoms with van der Waals surface area (Å²) in [5, 5.41) is 1.46. The van der Waals surface area contributed by atoms with E-state index in [9.17, 15) is 13.2 Å². The molecule has 0 aliphatic carbocycles. The first-order valence-corrected chi connectivity index (χ1v) is 11.7. The number of sulfonamides is 1. The van der Waals surface area contributed by atoms with Crippen molar-refractivity contribution in [3.63, 3.8) is 0 Å². The van der Waals surface area contributed by atoms with E-state index in [0.29, 0.717) is 35.6 Å². The zero-order chi connectivity index (χ0) is 21.2. The molecule has 0 atom stereocenters. The molecule has 0 saturated heterocycles. The third-order valence-corrected chi connectivity index (χ3v) is 5.71. The van der Waals surface area contributed by atoms with E-state index in [1.165, 1.54) is 0 Å². The quantitative estimate of drug-likeness (QED) is 0.578. The third-order valence-electron chi connectivity index (χ3n) is 4.74. The fraction of sp³-hybridized carbons (Fsp3) is 0.333. The number of nitrogens with one attached hydrogen (secondary N) is 1. The van der Waals surface area contributed by atoms with E-state index >= 15 is 0 Å². The predicted octanol–water partition coefficient (Wildman–Crippen LogP) is 3.53. The van der Waals surface area contributed by atoms with Crippen LogP contribution in [0.3, 0.4) is 0 Å². The molecule has 2 heterocycles. The van der Waals surface area contributed by atoms with Crippen molar-refractivity contribution in [1.29, 1.82) is 0 Å². The molecule has 3 rings (SSSR count). The van der Waals surface area contributed by atoms with Gasteiger partial charge in [-0.2, -0.15) is 0 Å². The minimum absolute atomic E-state index is 0.104. The molecule has 8 heteroatoms. The van der Waals surface area contributed by atoms with Crippen LogP contribution in [0.5, 0.6) is 0 Å². The maximum Gasteiger partial charge on any atom is 0.256 e. The number of benzene rings is 1. The average molecular weight is 434 g/mol. The monoisotopic (exact) mass is 433 g/mol. The van der Waals surface area contributed by atoms with Gasteiger partial charge in [0.25, 0.3) is 5.56 Å². The second kappa shape index (κ2) is 8.65. The fourth-order valence-electron chi connectivity index (χ4n) is 3.49. The molecule has 1 aromatic carbocycles. The fourth-order valence-corrected chi connectivity index (χ4v) is 4.20. The number of halogens is 1. The van der Waals surface area contributed by atoms with Crippen molar-refractivity contribution in [2.75, 3.05) is 12.8 Å². The van der Waals surface area contributed by atoms with E-state index in [1.807, 2.05) is 44.2 Å². The van der Waals surface area contributed by atoms with Crippen LogP contribution in [0.1, 0.15) is 24.6 Å². The highest BCUT2D eigenvalue weighted by molar-refractivity contribution is 7.88. The molecular weight excluding hydrogens is 410 g/mol. The normalized spacial score (nSPS) is 11.9. The SMILES string of the molecule is CCn1c(=O)c(CCCNS(C)(=O)=O)c(-c2cccc(Cl)c2)c2ccc(C)nc21. The molecule has 0 aliphatic rings. The third kappa shape index (κ3) is 4.86. The van der Waals surface area contributed by atoms with Crippen molar-refractivity contribution in [2.45, 2.75) is 33.2 Å². The van der Waals surface area contributed by atoms with Crippen LogP contribution < -0.4 is 10.3 Å². The lowest BCUT2D eigenvalue weighted by Crippen LogP contribution is -2.27. The number of aromatic nitrogens is 2. The smallest absolute Gasteiger partial charge is 0.256 e. The Balaban J connectivity index is 2.22. The van der Waals surface area contributed by atoms with Crippen molar-refractivity contribution < 1.29 is 8.42 Å². The molecule has 6 nitrogen and oxygen atoms in total. The lowest BCUT2D eigenvalue weighted by atomic mass is 9.94. The summed E-state index contributed by atoms with van der Waals surface area (Å²) in [7, 11) is -3.27. The Morgan fingerprint density at radius 2 is 1.97 bits per heavy atom. The van der Waals surface area contributed by atoms with Gasteiger partial charge in [0.1, 0.15) is 5.65 Å². The molecule has 0 aliphatic heterocycles. The number of pyridine rings is 2. The molecule has 0 bridgehead atoms. The van der Waals surface area contributed by atoms with E-state index in [0.717, 1.165) is 28.5 Å². The van der Waals surface area contributed by atoms with Gasteiger partial charge in [-0.05, 0) is 56.5 Å². The standard InChI is InChI=1S/C21H24ClN3O3S/c1-4-25-20-17(11-10-14(2)24-20)19(15-7-5-8-16(22)13-15)18(21(25)26)9-6-12-23-29(3,27)28/h5,7-8,10-11,13,23H,4,6,9,12H2,1-3H3. The minimum atomic E-state index is -3.27. The van der Waals surface area contributed by atoms with E-state index in [1.54, 1.807) is 10.6 Å². The zero-order valence-electron chi connectivity index (χ0n) is 16.7. The Morgan fingerprint density at radius 1 is 1.21 bits per heavy atom. The largest absolute Gasteiger partial charge is 0.293 e. The lowest BCUT2D eigenvalue weighted by molar-refractivity contribution is 0.585. The molecule has 29 heavy (non-hydrogen) atoms. The Bertz CT molecular complexity index is 1220. The molecule has 0 spiro atoms. The van der Waals surface area contributed by atoms with Gasteiger partial charge in [-0.1, -0.05) is 23.7 Å². The molecule has 0 saturated carbocycles. The Morgan fingerprint density at radius 3 is 2.62 bits per heavy atom. The molecule has 154 valence electrons. The molecular formula is C21H24ClN3O3S. The topological polar surface area (TPSA) is 81.1 Å². The van der Waals surface area contributed by atoms with Crippen LogP contribution in [0.4, 0.5) is 0 Å². The van der Waals surface area contributed by atoms with Gasteiger partial charge in [-0.25, -0.2) is 18.1 Å². The van der Waals surface area contributed by atoms with E-state index in [2.05, 4.69) is 9.71 Å². The molecule has 0 amide bonds. The summed E-state index contributed by atoms with van der Waals surface area (Å²) >= 11 is 6.22. The number of hydrogen-bond acceptors (Lipinski definition) is 4. The second-order valence-electron chi connectivity index (χ2n) is 7.01. The number of rotatable bonds is 7. The van der Waals surface area contributed by atoms with Crippen LogP contribution in [0, 0.1) is 6.92 Å². The summed E-state index contributed by atoms with van der Waals surface area (Å²) in [5.74, 6) is 0. The van der Waals surface area contributed by atoms with Gasteiger partial charge in [0.2, 0.25) is 10.0 Å². The molecule has 0 unspecified atom stereocenters. The highest BCUT2D eigenvalue weighted by atomic mass is 35.5. The van der Waals surface area contributed by atoms with Gasteiger partial charge in [-0.15, -0.1) is 0 Å². The molecule has 0 fully saturated rings. The summed E-state index contributed by atoms with van der Waals surface area (Å²) in [5.41, 5.74) is 3.67. The zero-order valence-corrected chi connectivity index (χ0v) is 18.3. The van der Waals surface area contributed by atoms with Gasteiger partial charge < -0.3 is 0 Å². The first-order valence-electron chi connectivity index (χ1n) is 9.45. The van der Waals surface area contributed by atoms with E-state index in [4.69, 9.17) is 11.6 Å². The van der Waals surface area contributed by atoms with Gasteiger partial charge in [0, 0.05) is 40.3 Å². The van der Waals surface area contributed by atoms with Gasteiger partial charge in [0.05, 0.1) is 6.26 Å².